The second kappa shape index (κ2) is 8.69. The van der Waals surface area contributed by atoms with Crippen LogP contribution in [-0.2, 0) is 12.8 Å². The minimum absolute atomic E-state index is 0.709. The maximum absolute atomic E-state index is 5.18. The summed E-state index contributed by atoms with van der Waals surface area (Å²) in [5.41, 5.74) is 2.53. The van der Waals surface area contributed by atoms with E-state index in [0.717, 1.165) is 48.2 Å². The number of anilines is 1. The van der Waals surface area contributed by atoms with Crippen LogP contribution in [0.4, 0.5) is 5.82 Å². The summed E-state index contributed by atoms with van der Waals surface area (Å²) in [4.78, 5) is 25.0. The number of fused-ring (bicyclic) bond motifs is 3. The molecule has 2 saturated heterocycles. The molecule has 0 spiro atoms. The summed E-state index contributed by atoms with van der Waals surface area (Å²) in [6.45, 7) is 6.79. The fourth-order valence-corrected chi connectivity index (χ4v) is 6.98. The van der Waals surface area contributed by atoms with Gasteiger partial charge in [-0.1, -0.05) is 0 Å². The number of aromatic nitrogens is 3. The van der Waals surface area contributed by atoms with Crippen molar-refractivity contribution in [1.82, 2.24) is 24.8 Å². The standard InChI is InChI=1S/C25H32N6S/c1-29-11-5-7-19(17-29)30-12-14-31(15-13-30)24-22-20-8-2-3-9-21(20)32-25(22)28-23(27-24)18-6-4-10-26-16-18/h4,6,10,16,19H,2-3,5,7-9,11-15,17H2,1H3. The summed E-state index contributed by atoms with van der Waals surface area (Å²) >= 11 is 1.90. The number of piperazine rings is 1. The predicted molar refractivity (Wildman–Crippen MR) is 132 cm³/mol. The van der Waals surface area contributed by atoms with Crippen LogP contribution in [0, 0.1) is 0 Å². The number of thiophene rings is 1. The zero-order valence-corrected chi connectivity index (χ0v) is 19.8. The number of likely N-dealkylation sites (tertiary alicyclic amines) is 1. The van der Waals surface area contributed by atoms with E-state index < -0.39 is 0 Å². The Morgan fingerprint density at radius 2 is 1.88 bits per heavy atom. The molecule has 0 bridgehead atoms. The zero-order valence-electron chi connectivity index (χ0n) is 19.0. The molecule has 3 aliphatic rings. The Bertz CT molecular complexity index is 1090. The molecule has 2 aliphatic heterocycles. The highest BCUT2D eigenvalue weighted by atomic mass is 32.1. The van der Waals surface area contributed by atoms with Crippen molar-refractivity contribution in [3.05, 3.63) is 35.0 Å². The molecule has 3 aromatic rings. The van der Waals surface area contributed by atoms with Gasteiger partial charge in [-0.2, -0.15) is 0 Å². The van der Waals surface area contributed by atoms with E-state index in [0.29, 0.717) is 6.04 Å². The fourth-order valence-electron chi connectivity index (χ4n) is 5.73. The van der Waals surface area contributed by atoms with Crippen molar-refractivity contribution in [3.63, 3.8) is 0 Å². The van der Waals surface area contributed by atoms with Crippen LogP contribution in [0.2, 0.25) is 0 Å². The summed E-state index contributed by atoms with van der Waals surface area (Å²) in [5.74, 6) is 1.98. The molecule has 0 radical (unpaired) electrons. The average Bonchev–Trinajstić information content (AvgIpc) is 3.23. The molecular formula is C25H32N6S. The van der Waals surface area contributed by atoms with Gasteiger partial charge >= 0.3 is 0 Å². The van der Waals surface area contributed by atoms with Gasteiger partial charge in [-0.3, -0.25) is 9.88 Å². The van der Waals surface area contributed by atoms with Gasteiger partial charge in [0.05, 0.1) is 5.39 Å². The van der Waals surface area contributed by atoms with E-state index in [2.05, 4.69) is 32.8 Å². The molecule has 6 rings (SSSR count). The summed E-state index contributed by atoms with van der Waals surface area (Å²) in [6, 6.07) is 4.76. The van der Waals surface area contributed by atoms with Crippen LogP contribution < -0.4 is 4.90 Å². The first-order valence-corrected chi connectivity index (χ1v) is 13.0. The second-order valence-electron chi connectivity index (χ2n) is 9.58. The van der Waals surface area contributed by atoms with E-state index in [-0.39, 0.29) is 0 Å². The number of piperidine rings is 1. The van der Waals surface area contributed by atoms with Crippen molar-refractivity contribution < 1.29 is 0 Å². The first kappa shape index (κ1) is 20.5. The molecule has 2 fully saturated rings. The number of pyridine rings is 1. The van der Waals surface area contributed by atoms with Gasteiger partial charge in [0, 0.05) is 61.6 Å². The molecule has 0 aromatic carbocycles. The monoisotopic (exact) mass is 448 g/mol. The topological polar surface area (TPSA) is 48.4 Å². The number of aryl methyl sites for hydroxylation is 2. The van der Waals surface area contributed by atoms with E-state index >= 15 is 0 Å². The number of rotatable bonds is 3. The highest BCUT2D eigenvalue weighted by Crippen LogP contribution is 2.41. The lowest BCUT2D eigenvalue weighted by Crippen LogP contribution is -2.54. The third-order valence-electron chi connectivity index (χ3n) is 7.45. The summed E-state index contributed by atoms with van der Waals surface area (Å²) in [6.07, 6.45) is 11.3. The largest absolute Gasteiger partial charge is 0.353 e. The first-order chi connectivity index (χ1) is 15.8. The molecule has 7 heteroatoms. The molecule has 1 aliphatic carbocycles. The Morgan fingerprint density at radius 1 is 1.00 bits per heavy atom. The van der Waals surface area contributed by atoms with E-state index in [4.69, 9.17) is 9.97 Å². The number of likely N-dealkylation sites (N-methyl/N-ethyl adjacent to an activating group) is 1. The van der Waals surface area contributed by atoms with Crippen molar-refractivity contribution in [1.29, 1.82) is 0 Å². The molecule has 32 heavy (non-hydrogen) atoms. The van der Waals surface area contributed by atoms with Gasteiger partial charge in [-0.15, -0.1) is 11.3 Å². The third kappa shape index (κ3) is 3.80. The first-order valence-electron chi connectivity index (χ1n) is 12.2. The Balaban J connectivity index is 1.34. The maximum atomic E-state index is 5.18. The Kier molecular flexibility index (Phi) is 5.57. The van der Waals surface area contributed by atoms with Gasteiger partial charge in [-0.05, 0) is 69.8 Å². The van der Waals surface area contributed by atoms with Crippen LogP contribution in [0.3, 0.4) is 0 Å². The van der Waals surface area contributed by atoms with Crippen molar-refractivity contribution in [3.8, 4) is 11.4 Å². The van der Waals surface area contributed by atoms with Crippen LogP contribution in [0.1, 0.15) is 36.1 Å². The van der Waals surface area contributed by atoms with Gasteiger partial charge in [0.25, 0.3) is 0 Å². The molecule has 0 saturated carbocycles. The molecular weight excluding hydrogens is 416 g/mol. The maximum Gasteiger partial charge on any atom is 0.164 e. The van der Waals surface area contributed by atoms with Gasteiger partial charge in [0.15, 0.2) is 5.82 Å². The van der Waals surface area contributed by atoms with Crippen LogP contribution in [0.5, 0.6) is 0 Å². The Labute approximate surface area is 194 Å². The minimum Gasteiger partial charge on any atom is -0.353 e. The van der Waals surface area contributed by atoms with Crippen molar-refractivity contribution in [2.75, 3.05) is 51.2 Å². The molecule has 3 aromatic heterocycles. The average molecular weight is 449 g/mol. The van der Waals surface area contributed by atoms with Crippen molar-refractivity contribution in [2.24, 2.45) is 0 Å². The highest BCUT2D eigenvalue weighted by Gasteiger charge is 2.30. The number of hydrogen-bond acceptors (Lipinski definition) is 7. The predicted octanol–water partition coefficient (Wildman–Crippen LogP) is 3.85. The van der Waals surface area contributed by atoms with Crippen LogP contribution in [-0.4, -0.2) is 77.1 Å². The molecule has 6 nitrogen and oxygen atoms in total. The van der Waals surface area contributed by atoms with E-state index in [9.17, 15) is 0 Å². The van der Waals surface area contributed by atoms with Crippen LogP contribution in [0.25, 0.3) is 21.6 Å². The van der Waals surface area contributed by atoms with Gasteiger partial charge in [0.1, 0.15) is 10.6 Å². The summed E-state index contributed by atoms with van der Waals surface area (Å²) in [5, 5.41) is 1.34. The van der Waals surface area contributed by atoms with E-state index in [1.54, 1.807) is 0 Å². The molecule has 1 unspecified atom stereocenters. The van der Waals surface area contributed by atoms with E-state index in [1.165, 1.54) is 67.4 Å². The lowest BCUT2D eigenvalue weighted by molar-refractivity contribution is 0.106. The molecule has 5 heterocycles. The second-order valence-corrected chi connectivity index (χ2v) is 10.7. The van der Waals surface area contributed by atoms with Crippen molar-refractivity contribution >= 4 is 27.4 Å². The normalized spacial score (nSPS) is 22.9. The van der Waals surface area contributed by atoms with Crippen molar-refractivity contribution in [2.45, 2.75) is 44.6 Å². The molecule has 0 N–H and O–H groups in total. The Hall–Kier alpha value is -2.09. The number of nitrogens with zero attached hydrogens (tertiary/aromatic N) is 6. The van der Waals surface area contributed by atoms with Gasteiger partial charge in [0.2, 0.25) is 0 Å². The summed E-state index contributed by atoms with van der Waals surface area (Å²) in [7, 11) is 2.26. The number of hydrogen-bond donors (Lipinski definition) is 0. The third-order valence-corrected chi connectivity index (χ3v) is 8.63. The van der Waals surface area contributed by atoms with Gasteiger partial charge in [-0.25, -0.2) is 9.97 Å². The minimum atomic E-state index is 0.709. The lowest BCUT2D eigenvalue weighted by Gasteiger charge is -2.43. The van der Waals surface area contributed by atoms with Crippen LogP contribution in [0.15, 0.2) is 24.5 Å². The van der Waals surface area contributed by atoms with E-state index in [1.807, 2.05) is 29.8 Å². The van der Waals surface area contributed by atoms with Gasteiger partial charge < -0.3 is 9.80 Å². The molecule has 168 valence electrons. The molecule has 1 atom stereocenters. The zero-order chi connectivity index (χ0) is 21.5. The SMILES string of the molecule is CN1CCCC(N2CCN(c3nc(-c4cccnc4)nc4sc5c(c34)CCCC5)CC2)C1. The molecule has 0 amide bonds. The summed E-state index contributed by atoms with van der Waals surface area (Å²) < 4.78 is 0. The highest BCUT2D eigenvalue weighted by molar-refractivity contribution is 7.19. The smallest absolute Gasteiger partial charge is 0.164 e. The lowest BCUT2D eigenvalue weighted by atomic mass is 9.96. The quantitative estimate of drug-likeness (QED) is 0.607. The fraction of sp³-hybridized carbons (Fsp3) is 0.560. The van der Waals surface area contributed by atoms with Crippen LogP contribution >= 0.6 is 11.3 Å². The Morgan fingerprint density at radius 3 is 2.69 bits per heavy atom.